The summed E-state index contributed by atoms with van der Waals surface area (Å²) in [6, 6.07) is 10.9. The highest BCUT2D eigenvalue weighted by molar-refractivity contribution is 6.32. The third-order valence-corrected chi connectivity index (χ3v) is 2.91. The fourth-order valence-corrected chi connectivity index (χ4v) is 1.79. The van der Waals surface area contributed by atoms with E-state index in [0.717, 1.165) is 11.6 Å². The fraction of sp³-hybridized carbons (Fsp3) is 0. The maximum Gasteiger partial charge on any atom is 0.189 e. The molecule has 0 amide bonds. The highest BCUT2D eigenvalue weighted by atomic mass is 35.5. The van der Waals surface area contributed by atoms with Gasteiger partial charge in [0.2, 0.25) is 0 Å². The van der Waals surface area contributed by atoms with Crippen LogP contribution in [0.3, 0.4) is 0 Å². The van der Waals surface area contributed by atoms with E-state index in [0.29, 0.717) is 5.02 Å². The predicted molar refractivity (Wildman–Crippen MR) is 74.6 cm³/mol. The molecule has 0 atom stereocenters. The van der Waals surface area contributed by atoms with Crippen LogP contribution in [0.2, 0.25) is 5.02 Å². The van der Waals surface area contributed by atoms with E-state index in [9.17, 15) is 9.90 Å². The minimum atomic E-state index is -0.364. The summed E-state index contributed by atoms with van der Waals surface area (Å²) in [5.41, 5.74) is 0.844. The lowest BCUT2D eigenvalue weighted by atomic mass is 10.1. The minimum Gasteiger partial charge on any atom is -0.508 e. The van der Waals surface area contributed by atoms with E-state index in [-0.39, 0.29) is 22.8 Å². The van der Waals surface area contributed by atoms with Crippen molar-refractivity contribution in [2.75, 3.05) is 0 Å². The second kappa shape index (κ2) is 5.59. The molecule has 2 aromatic rings. The molecule has 3 nitrogen and oxygen atoms in total. The monoisotopic (exact) mass is 274 g/mol. The van der Waals surface area contributed by atoms with Crippen molar-refractivity contribution in [3.63, 3.8) is 0 Å². The van der Waals surface area contributed by atoms with Gasteiger partial charge in [0.05, 0.1) is 5.56 Å². The molecule has 0 saturated heterocycles. The molecular weight excluding hydrogens is 264 g/mol. The number of carbonyl (C=O) groups is 1. The van der Waals surface area contributed by atoms with Crippen molar-refractivity contribution in [1.82, 2.24) is 0 Å². The quantitative estimate of drug-likeness (QED) is 0.663. The van der Waals surface area contributed by atoms with Crippen LogP contribution in [0, 0.1) is 0 Å². The van der Waals surface area contributed by atoms with Crippen LogP contribution < -0.4 is 0 Å². The summed E-state index contributed by atoms with van der Waals surface area (Å²) in [5, 5.41) is 19.3. The van der Waals surface area contributed by atoms with Gasteiger partial charge in [0, 0.05) is 11.1 Å². The van der Waals surface area contributed by atoms with Gasteiger partial charge in [0.1, 0.15) is 11.5 Å². The molecule has 96 valence electrons. The van der Waals surface area contributed by atoms with Crippen molar-refractivity contribution in [3.8, 4) is 11.5 Å². The number of ketones is 1. The number of hydrogen-bond acceptors (Lipinski definition) is 3. The van der Waals surface area contributed by atoms with Crippen LogP contribution in [0.5, 0.6) is 11.5 Å². The molecule has 0 heterocycles. The molecule has 0 aliphatic rings. The Morgan fingerprint density at radius 1 is 1.11 bits per heavy atom. The average Bonchev–Trinajstić information content (AvgIpc) is 2.37. The second-order valence-corrected chi connectivity index (χ2v) is 4.33. The molecule has 0 aliphatic heterocycles. The number of carbonyl (C=O) groups excluding carboxylic acids is 1. The average molecular weight is 275 g/mol. The molecule has 0 fully saturated rings. The van der Waals surface area contributed by atoms with Crippen molar-refractivity contribution < 1.29 is 15.0 Å². The molecule has 2 rings (SSSR count). The van der Waals surface area contributed by atoms with E-state index in [1.54, 1.807) is 24.3 Å². The van der Waals surface area contributed by atoms with Gasteiger partial charge in [-0.25, -0.2) is 0 Å². The zero-order chi connectivity index (χ0) is 13.8. The number of allylic oxidation sites excluding steroid dienone is 1. The molecule has 0 saturated carbocycles. The van der Waals surface area contributed by atoms with E-state index < -0.39 is 0 Å². The van der Waals surface area contributed by atoms with Crippen molar-refractivity contribution in [2.45, 2.75) is 0 Å². The van der Waals surface area contributed by atoms with E-state index in [2.05, 4.69) is 0 Å². The van der Waals surface area contributed by atoms with Crippen molar-refractivity contribution in [1.29, 1.82) is 0 Å². The Kier molecular flexibility index (Phi) is 3.88. The van der Waals surface area contributed by atoms with E-state index in [1.807, 2.05) is 6.07 Å². The first-order chi connectivity index (χ1) is 9.08. The van der Waals surface area contributed by atoms with Crippen molar-refractivity contribution in [2.24, 2.45) is 0 Å². The SMILES string of the molecule is O=C(C=Cc1ccccc1Cl)c1ccc(O)cc1O. The summed E-state index contributed by atoms with van der Waals surface area (Å²) in [6.07, 6.45) is 2.91. The first kappa shape index (κ1) is 13.2. The van der Waals surface area contributed by atoms with Gasteiger partial charge in [-0.2, -0.15) is 0 Å². The van der Waals surface area contributed by atoms with Crippen LogP contribution in [0.1, 0.15) is 15.9 Å². The zero-order valence-corrected chi connectivity index (χ0v) is 10.6. The molecule has 0 bridgehead atoms. The summed E-state index contributed by atoms with van der Waals surface area (Å²) in [7, 11) is 0. The highest BCUT2D eigenvalue weighted by Crippen LogP contribution is 2.24. The lowest BCUT2D eigenvalue weighted by molar-refractivity contribution is 0.104. The van der Waals surface area contributed by atoms with Gasteiger partial charge in [0.25, 0.3) is 0 Å². The van der Waals surface area contributed by atoms with Crippen LogP contribution >= 0.6 is 11.6 Å². The Labute approximate surface area is 115 Å². The summed E-state index contributed by atoms with van der Waals surface area (Å²) in [6.45, 7) is 0. The third-order valence-electron chi connectivity index (χ3n) is 2.57. The van der Waals surface area contributed by atoms with E-state index in [1.165, 1.54) is 18.2 Å². The molecule has 2 N–H and O–H groups in total. The standard InChI is InChI=1S/C15H11ClO3/c16-13-4-2-1-3-10(13)5-8-14(18)12-7-6-11(17)9-15(12)19/h1-9,17,19H. The van der Waals surface area contributed by atoms with E-state index >= 15 is 0 Å². The zero-order valence-electron chi connectivity index (χ0n) is 9.88. The molecule has 19 heavy (non-hydrogen) atoms. The van der Waals surface area contributed by atoms with Crippen molar-refractivity contribution >= 4 is 23.5 Å². The number of benzene rings is 2. The van der Waals surface area contributed by atoms with Crippen LogP contribution in [-0.2, 0) is 0 Å². The first-order valence-electron chi connectivity index (χ1n) is 5.57. The third kappa shape index (κ3) is 3.14. The number of halogens is 1. The number of rotatable bonds is 3. The summed E-state index contributed by atoms with van der Waals surface area (Å²) in [4.78, 5) is 11.9. The maximum absolute atomic E-state index is 11.9. The Hall–Kier alpha value is -2.26. The molecule has 0 aliphatic carbocycles. The van der Waals surface area contributed by atoms with Gasteiger partial charge in [-0.15, -0.1) is 0 Å². The Balaban J connectivity index is 2.24. The maximum atomic E-state index is 11.9. The molecule has 0 aromatic heterocycles. The van der Waals surface area contributed by atoms with Gasteiger partial charge in [-0.3, -0.25) is 4.79 Å². The van der Waals surface area contributed by atoms with Crippen LogP contribution in [0.4, 0.5) is 0 Å². The normalized spacial score (nSPS) is 10.8. The Bertz CT molecular complexity index is 648. The number of hydrogen-bond donors (Lipinski definition) is 2. The van der Waals surface area contributed by atoms with Crippen LogP contribution in [0.15, 0.2) is 48.5 Å². The molecule has 0 radical (unpaired) electrons. The van der Waals surface area contributed by atoms with Crippen LogP contribution in [-0.4, -0.2) is 16.0 Å². The highest BCUT2D eigenvalue weighted by Gasteiger charge is 2.08. The Morgan fingerprint density at radius 3 is 2.53 bits per heavy atom. The van der Waals surface area contributed by atoms with Crippen LogP contribution in [0.25, 0.3) is 6.08 Å². The largest absolute Gasteiger partial charge is 0.508 e. The molecule has 2 aromatic carbocycles. The summed E-state index contributed by atoms with van der Waals surface area (Å²) in [5.74, 6) is -0.713. The second-order valence-electron chi connectivity index (χ2n) is 3.92. The number of aromatic hydroxyl groups is 2. The number of phenolic OH excluding ortho intramolecular Hbond substituents is 2. The topological polar surface area (TPSA) is 57.5 Å². The molecular formula is C15H11ClO3. The summed E-state index contributed by atoms with van der Waals surface area (Å²) >= 11 is 5.96. The predicted octanol–water partition coefficient (Wildman–Crippen LogP) is 3.65. The number of phenols is 2. The lowest BCUT2D eigenvalue weighted by Crippen LogP contribution is -1.94. The lowest BCUT2D eigenvalue weighted by Gasteiger charge is -2.01. The molecule has 0 unspecified atom stereocenters. The fourth-order valence-electron chi connectivity index (χ4n) is 1.59. The van der Waals surface area contributed by atoms with Gasteiger partial charge in [-0.1, -0.05) is 29.8 Å². The van der Waals surface area contributed by atoms with Crippen molar-refractivity contribution in [3.05, 3.63) is 64.7 Å². The molecule has 0 spiro atoms. The van der Waals surface area contributed by atoms with E-state index in [4.69, 9.17) is 16.7 Å². The van der Waals surface area contributed by atoms with Gasteiger partial charge >= 0.3 is 0 Å². The molecule has 4 heteroatoms. The minimum absolute atomic E-state index is 0.0934. The smallest absolute Gasteiger partial charge is 0.189 e. The van der Waals surface area contributed by atoms with Gasteiger partial charge in [0.15, 0.2) is 5.78 Å². The van der Waals surface area contributed by atoms with Gasteiger partial charge in [-0.05, 0) is 35.9 Å². The van der Waals surface area contributed by atoms with Gasteiger partial charge < -0.3 is 10.2 Å². The first-order valence-corrected chi connectivity index (χ1v) is 5.94. The Morgan fingerprint density at radius 2 is 1.84 bits per heavy atom. The summed E-state index contributed by atoms with van der Waals surface area (Å²) < 4.78 is 0.